The van der Waals surface area contributed by atoms with Crippen LogP contribution in [0.25, 0.3) is 0 Å². The molecule has 0 bridgehead atoms. The van der Waals surface area contributed by atoms with Crippen LogP contribution in [-0.2, 0) is 0 Å². The van der Waals surface area contributed by atoms with E-state index >= 15 is 0 Å². The number of halogens is 1. The summed E-state index contributed by atoms with van der Waals surface area (Å²) in [4.78, 5) is 6.70. The number of likely N-dealkylation sites (N-methyl/N-ethyl adjacent to an activating group) is 1. The Morgan fingerprint density at radius 3 is 2.35 bits per heavy atom. The van der Waals surface area contributed by atoms with Crippen LogP contribution in [0.2, 0.25) is 0 Å². The third-order valence-electron chi connectivity index (χ3n) is 4.18. The second-order valence-electron chi connectivity index (χ2n) is 5.88. The normalized spacial score (nSPS) is 14.5. The van der Waals surface area contributed by atoms with E-state index in [1.54, 1.807) is 6.26 Å². The van der Waals surface area contributed by atoms with Gasteiger partial charge in [-0.15, -0.1) is 24.0 Å². The van der Waals surface area contributed by atoms with Gasteiger partial charge in [0.15, 0.2) is 5.96 Å². The molecule has 0 saturated heterocycles. The van der Waals surface area contributed by atoms with Crippen molar-refractivity contribution in [2.75, 3.05) is 26.7 Å². The number of aliphatic imine (C=N–C) groups is 1. The van der Waals surface area contributed by atoms with Crippen LogP contribution in [0.1, 0.15) is 46.4 Å². The molecular weight excluding hydrogens is 403 g/mol. The molecule has 2 N–H and O–H groups in total. The van der Waals surface area contributed by atoms with Crippen molar-refractivity contribution in [3.8, 4) is 0 Å². The lowest BCUT2D eigenvalue weighted by atomic mass is 10.1. The van der Waals surface area contributed by atoms with Crippen molar-refractivity contribution in [2.24, 2.45) is 10.9 Å². The highest BCUT2D eigenvalue weighted by Gasteiger charge is 2.21. The predicted octanol–water partition coefficient (Wildman–Crippen LogP) is 3.49. The molecule has 1 heterocycles. The molecule has 5 nitrogen and oxygen atoms in total. The van der Waals surface area contributed by atoms with E-state index in [0.717, 1.165) is 31.4 Å². The number of hydrogen-bond donors (Lipinski definition) is 2. The van der Waals surface area contributed by atoms with E-state index in [-0.39, 0.29) is 30.0 Å². The molecule has 1 rings (SSSR count). The molecule has 0 radical (unpaired) electrons. The van der Waals surface area contributed by atoms with E-state index in [1.165, 1.54) is 0 Å². The fourth-order valence-electron chi connectivity index (χ4n) is 2.33. The topological polar surface area (TPSA) is 52.8 Å². The molecule has 2 unspecified atom stereocenters. The van der Waals surface area contributed by atoms with Gasteiger partial charge in [0.2, 0.25) is 0 Å². The number of furan rings is 1. The monoisotopic (exact) mass is 436 g/mol. The van der Waals surface area contributed by atoms with Gasteiger partial charge in [-0.3, -0.25) is 9.89 Å². The first-order valence-electron chi connectivity index (χ1n) is 8.28. The molecule has 6 heteroatoms. The molecule has 0 aliphatic carbocycles. The largest absolute Gasteiger partial charge is 0.468 e. The maximum atomic E-state index is 5.62. The van der Waals surface area contributed by atoms with Gasteiger partial charge in [-0.2, -0.15) is 0 Å². The Morgan fingerprint density at radius 2 is 1.91 bits per heavy atom. The molecule has 134 valence electrons. The van der Waals surface area contributed by atoms with E-state index in [2.05, 4.69) is 55.1 Å². The summed E-state index contributed by atoms with van der Waals surface area (Å²) >= 11 is 0. The average Bonchev–Trinajstić information content (AvgIpc) is 3.03. The lowest BCUT2D eigenvalue weighted by Crippen LogP contribution is -2.47. The maximum Gasteiger partial charge on any atom is 0.191 e. The minimum atomic E-state index is 0. The van der Waals surface area contributed by atoms with Crippen molar-refractivity contribution in [2.45, 2.75) is 46.7 Å². The Hall–Kier alpha value is -0.760. The van der Waals surface area contributed by atoms with Gasteiger partial charge in [-0.25, -0.2) is 0 Å². The number of rotatable bonds is 8. The van der Waals surface area contributed by atoms with Gasteiger partial charge < -0.3 is 15.1 Å². The van der Waals surface area contributed by atoms with Crippen LogP contribution in [0.15, 0.2) is 27.8 Å². The number of nitrogens with one attached hydrogen (secondary N) is 2. The van der Waals surface area contributed by atoms with Crippen LogP contribution in [0.4, 0.5) is 0 Å². The van der Waals surface area contributed by atoms with Crippen LogP contribution in [-0.4, -0.2) is 43.6 Å². The highest BCUT2D eigenvalue weighted by Crippen LogP contribution is 2.20. The van der Waals surface area contributed by atoms with Crippen LogP contribution in [0.5, 0.6) is 0 Å². The molecule has 1 aromatic heterocycles. The molecule has 0 aromatic carbocycles. The van der Waals surface area contributed by atoms with Crippen LogP contribution < -0.4 is 10.6 Å². The first-order valence-corrected chi connectivity index (χ1v) is 8.28. The van der Waals surface area contributed by atoms with Crippen molar-refractivity contribution in [1.29, 1.82) is 0 Å². The fraction of sp³-hybridized carbons (Fsp3) is 0.706. The van der Waals surface area contributed by atoms with Crippen molar-refractivity contribution in [3.63, 3.8) is 0 Å². The first-order chi connectivity index (χ1) is 10.5. The lowest BCUT2D eigenvalue weighted by Gasteiger charge is -2.29. The zero-order valence-electron chi connectivity index (χ0n) is 15.3. The van der Waals surface area contributed by atoms with Gasteiger partial charge in [0, 0.05) is 19.6 Å². The minimum Gasteiger partial charge on any atom is -0.468 e. The molecular formula is C17H33IN4O. The zero-order chi connectivity index (χ0) is 16.5. The summed E-state index contributed by atoms with van der Waals surface area (Å²) in [5.41, 5.74) is 0. The highest BCUT2D eigenvalue weighted by molar-refractivity contribution is 14.0. The summed E-state index contributed by atoms with van der Waals surface area (Å²) in [6, 6.07) is 4.57. The van der Waals surface area contributed by atoms with Crippen molar-refractivity contribution in [3.05, 3.63) is 24.2 Å². The molecule has 0 aliphatic rings. The Balaban J connectivity index is 0.00000484. The summed E-state index contributed by atoms with van der Waals surface area (Å²) in [7, 11) is 1.81. The lowest BCUT2D eigenvalue weighted by molar-refractivity contribution is 0.193. The van der Waals surface area contributed by atoms with E-state index in [4.69, 9.17) is 4.42 Å². The summed E-state index contributed by atoms with van der Waals surface area (Å²) < 4.78 is 5.62. The van der Waals surface area contributed by atoms with Crippen molar-refractivity contribution in [1.82, 2.24) is 15.5 Å². The Bertz CT molecular complexity index is 430. The Labute approximate surface area is 158 Å². The Morgan fingerprint density at radius 1 is 1.26 bits per heavy atom. The third kappa shape index (κ3) is 7.12. The summed E-state index contributed by atoms with van der Waals surface area (Å²) in [6.07, 6.45) is 1.74. The summed E-state index contributed by atoms with van der Waals surface area (Å²) in [5.74, 6) is 2.38. The van der Waals surface area contributed by atoms with Crippen LogP contribution >= 0.6 is 24.0 Å². The second kappa shape index (κ2) is 11.7. The second-order valence-corrected chi connectivity index (χ2v) is 5.88. The van der Waals surface area contributed by atoms with E-state index < -0.39 is 0 Å². The van der Waals surface area contributed by atoms with Gasteiger partial charge in [0.1, 0.15) is 5.76 Å². The smallest absolute Gasteiger partial charge is 0.191 e. The van der Waals surface area contributed by atoms with Gasteiger partial charge in [0.05, 0.1) is 12.3 Å². The van der Waals surface area contributed by atoms with Gasteiger partial charge in [-0.05, 0) is 38.1 Å². The van der Waals surface area contributed by atoms with Gasteiger partial charge in [-0.1, -0.05) is 27.7 Å². The van der Waals surface area contributed by atoms with E-state index in [1.807, 2.05) is 19.2 Å². The molecule has 0 amide bonds. The molecule has 1 aromatic rings. The fourth-order valence-corrected chi connectivity index (χ4v) is 2.33. The molecule has 0 saturated carbocycles. The quantitative estimate of drug-likeness (QED) is 0.372. The molecule has 2 atom stereocenters. The predicted molar refractivity (Wildman–Crippen MR) is 109 cm³/mol. The first kappa shape index (κ1) is 22.2. The number of guanidine groups is 1. The van der Waals surface area contributed by atoms with Crippen LogP contribution in [0.3, 0.4) is 0 Å². The molecule has 0 aliphatic heterocycles. The van der Waals surface area contributed by atoms with Crippen LogP contribution in [0, 0.1) is 5.92 Å². The number of hydrogen-bond acceptors (Lipinski definition) is 3. The zero-order valence-corrected chi connectivity index (χ0v) is 17.6. The van der Waals surface area contributed by atoms with Gasteiger partial charge >= 0.3 is 0 Å². The van der Waals surface area contributed by atoms with Crippen molar-refractivity contribution >= 4 is 29.9 Å². The summed E-state index contributed by atoms with van der Waals surface area (Å²) in [6.45, 7) is 13.7. The Kier molecular flexibility index (Phi) is 11.3. The SMILES string of the molecule is CCN(CC)C(CNC(=NC)NC(C)C(C)C)c1ccco1.I. The summed E-state index contributed by atoms with van der Waals surface area (Å²) in [5, 5.41) is 6.86. The van der Waals surface area contributed by atoms with Gasteiger partial charge in [0.25, 0.3) is 0 Å². The molecule has 0 spiro atoms. The molecule has 0 fully saturated rings. The standard InChI is InChI=1S/C17H32N4O.HI/c1-7-21(8-2)15(16-10-9-11-22-16)12-19-17(18-6)20-14(5)13(3)4;/h9-11,13-15H,7-8,12H2,1-6H3,(H2,18,19,20);1H. The highest BCUT2D eigenvalue weighted by atomic mass is 127. The molecule has 23 heavy (non-hydrogen) atoms. The minimum absolute atomic E-state index is 0. The van der Waals surface area contributed by atoms with Crippen molar-refractivity contribution < 1.29 is 4.42 Å². The van der Waals surface area contributed by atoms with E-state index in [9.17, 15) is 0 Å². The third-order valence-corrected chi connectivity index (χ3v) is 4.18. The number of nitrogens with zero attached hydrogens (tertiary/aromatic N) is 2. The maximum absolute atomic E-state index is 5.62. The van der Waals surface area contributed by atoms with E-state index in [0.29, 0.717) is 12.0 Å². The average molecular weight is 436 g/mol.